The van der Waals surface area contributed by atoms with Gasteiger partial charge in [0.05, 0.1) is 30.6 Å². The van der Waals surface area contributed by atoms with E-state index in [0.717, 1.165) is 40.0 Å². The van der Waals surface area contributed by atoms with Gasteiger partial charge in [0.2, 0.25) is 6.79 Å². The first-order chi connectivity index (χ1) is 16.6. The van der Waals surface area contributed by atoms with Crippen LogP contribution in [0, 0.1) is 13.8 Å². The lowest BCUT2D eigenvalue weighted by Crippen LogP contribution is -2.29. The molecule has 3 aromatic heterocycles. The highest BCUT2D eigenvalue weighted by atomic mass is 32.1. The van der Waals surface area contributed by atoms with E-state index in [1.807, 2.05) is 54.7 Å². The van der Waals surface area contributed by atoms with Crippen LogP contribution in [0.2, 0.25) is 0 Å². The van der Waals surface area contributed by atoms with Crippen LogP contribution in [-0.4, -0.2) is 21.5 Å². The third-order valence-corrected chi connectivity index (χ3v) is 6.87. The summed E-state index contributed by atoms with van der Waals surface area (Å²) < 4.78 is 19.1. The highest BCUT2D eigenvalue weighted by molar-refractivity contribution is 7.80. The van der Waals surface area contributed by atoms with Gasteiger partial charge in [-0.2, -0.15) is 0 Å². The van der Waals surface area contributed by atoms with E-state index in [4.69, 9.17) is 26.1 Å². The number of hydrogen-bond donors (Lipinski definition) is 1. The maximum Gasteiger partial charge on any atom is 0.231 e. The molecule has 7 nitrogen and oxygen atoms in total. The largest absolute Gasteiger partial charge is 0.467 e. The molecule has 2 aliphatic heterocycles. The van der Waals surface area contributed by atoms with Crippen LogP contribution in [0.15, 0.2) is 71.5 Å². The molecule has 172 valence electrons. The van der Waals surface area contributed by atoms with Crippen molar-refractivity contribution in [1.29, 1.82) is 0 Å². The standard InChI is InChI=1S/C26H24N4O3S/c1-16-12-20(17(2)29(16)14-19-6-5-11-31-19)25-24(21-7-3-4-10-27-21)28-26(34)30(25)18-8-9-22-23(13-18)33-15-32-22/h3-13,24-25H,14-15H2,1-2H3,(H,28,34). The molecule has 2 unspecified atom stereocenters. The first kappa shape index (κ1) is 20.8. The molecule has 5 heterocycles. The Labute approximate surface area is 202 Å². The predicted octanol–water partition coefficient (Wildman–Crippen LogP) is 5.05. The second-order valence-corrected chi connectivity index (χ2v) is 8.91. The third kappa shape index (κ3) is 3.42. The Kier molecular flexibility index (Phi) is 5.03. The number of benzene rings is 1. The lowest BCUT2D eigenvalue weighted by Gasteiger charge is -2.28. The zero-order chi connectivity index (χ0) is 23.2. The lowest BCUT2D eigenvalue weighted by molar-refractivity contribution is 0.174. The van der Waals surface area contributed by atoms with Crippen LogP contribution >= 0.6 is 12.2 Å². The number of ether oxygens (including phenoxy) is 2. The summed E-state index contributed by atoms with van der Waals surface area (Å²) in [4.78, 5) is 6.82. The maximum atomic E-state index is 5.87. The Morgan fingerprint density at radius 3 is 2.74 bits per heavy atom. The molecule has 1 fully saturated rings. The SMILES string of the molecule is Cc1cc(C2C(c3ccccn3)NC(=S)N2c2ccc3c(c2)OCO3)c(C)n1Cc1ccco1. The number of nitrogens with zero attached hydrogens (tertiary/aromatic N) is 3. The second-order valence-electron chi connectivity index (χ2n) is 8.53. The number of fused-ring (bicyclic) bond motifs is 1. The quantitative estimate of drug-likeness (QED) is 0.408. The van der Waals surface area contributed by atoms with Crippen molar-refractivity contribution in [2.75, 3.05) is 11.7 Å². The van der Waals surface area contributed by atoms with Gasteiger partial charge in [0, 0.05) is 29.3 Å². The van der Waals surface area contributed by atoms with Crippen LogP contribution in [0.5, 0.6) is 11.5 Å². The number of nitrogens with one attached hydrogen (secondary N) is 1. The first-order valence-electron chi connectivity index (χ1n) is 11.2. The molecule has 34 heavy (non-hydrogen) atoms. The number of thiocarbonyl (C=S) groups is 1. The maximum absolute atomic E-state index is 5.87. The normalized spacial score (nSPS) is 19.0. The summed E-state index contributed by atoms with van der Waals surface area (Å²) in [7, 11) is 0. The Hall–Kier alpha value is -3.78. The van der Waals surface area contributed by atoms with Crippen LogP contribution in [0.1, 0.15) is 40.5 Å². The van der Waals surface area contributed by atoms with Crippen LogP contribution < -0.4 is 19.7 Å². The van der Waals surface area contributed by atoms with Gasteiger partial charge in [0.1, 0.15) is 5.76 Å². The molecular weight excluding hydrogens is 448 g/mol. The summed E-state index contributed by atoms with van der Waals surface area (Å²) in [5.74, 6) is 2.39. The van der Waals surface area contributed by atoms with Crippen molar-refractivity contribution in [3.05, 3.63) is 95.5 Å². The average Bonchev–Trinajstić information content (AvgIpc) is 3.63. The van der Waals surface area contributed by atoms with Crippen LogP contribution in [0.25, 0.3) is 0 Å². The minimum atomic E-state index is -0.114. The van der Waals surface area contributed by atoms with E-state index in [1.165, 1.54) is 5.56 Å². The van der Waals surface area contributed by atoms with Crippen LogP contribution in [0.4, 0.5) is 5.69 Å². The van der Waals surface area contributed by atoms with E-state index in [-0.39, 0.29) is 18.9 Å². The molecule has 1 N–H and O–H groups in total. The van der Waals surface area contributed by atoms with Crippen LogP contribution in [-0.2, 0) is 6.54 Å². The Balaban J connectivity index is 1.47. The van der Waals surface area contributed by atoms with Crippen molar-refractivity contribution < 1.29 is 13.9 Å². The fourth-order valence-electron chi connectivity index (χ4n) is 4.91. The van der Waals surface area contributed by atoms with Gasteiger partial charge in [-0.3, -0.25) is 4.98 Å². The number of anilines is 1. The van der Waals surface area contributed by atoms with Crippen molar-refractivity contribution in [3.8, 4) is 11.5 Å². The number of hydrogen-bond acceptors (Lipinski definition) is 5. The van der Waals surface area contributed by atoms with Gasteiger partial charge in [-0.15, -0.1) is 0 Å². The summed E-state index contributed by atoms with van der Waals surface area (Å²) in [6.45, 7) is 5.18. The number of aromatic nitrogens is 2. The molecule has 2 atom stereocenters. The van der Waals surface area contributed by atoms with E-state index in [9.17, 15) is 0 Å². The topological polar surface area (TPSA) is 64.7 Å². The number of aryl methyl sites for hydroxylation is 1. The van der Waals surface area contributed by atoms with E-state index >= 15 is 0 Å². The summed E-state index contributed by atoms with van der Waals surface area (Å²) in [6.07, 6.45) is 3.53. The average molecular weight is 473 g/mol. The molecule has 1 aromatic carbocycles. The number of furan rings is 1. The zero-order valence-electron chi connectivity index (χ0n) is 18.9. The van der Waals surface area contributed by atoms with Crippen molar-refractivity contribution in [3.63, 3.8) is 0 Å². The van der Waals surface area contributed by atoms with E-state index in [1.54, 1.807) is 6.26 Å². The van der Waals surface area contributed by atoms with E-state index in [2.05, 4.69) is 39.7 Å². The van der Waals surface area contributed by atoms with E-state index < -0.39 is 0 Å². The highest BCUT2D eigenvalue weighted by Gasteiger charge is 2.42. The fraction of sp³-hybridized carbons (Fsp3) is 0.231. The third-order valence-electron chi connectivity index (χ3n) is 6.56. The lowest BCUT2D eigenvalue weighted by atomic mass is 9.96. The molecule has 0 aliphatic carbocycles. The van der Waals surface area contributed by atoms with Gasteiger partial charge < -0.3 is 28.7 Å². The summed E-state index contributed by atoms with van der Waals surface area (Å²) in [5, 5.41) is 4.18. The van der Waals surface area contributed by atoms with Crippen molar-refractivity contribution in [2.45, 2.75) is 32.5 Å². The molecule has 0 bridgehead atoms. The van der Waals surface area contributed by atoms with E-state index in [0.29, 0.717) is 11.7 Å². The summed E-state index contributed by atoms with van der Waals surface area (Å²) in [5.41, 5.74) is 5.39. The van der Waals surface area contributed by atoms with Gasteiger partial charge in [0.15, 0.2) is 16.6 Å². The fourth-order valence-corrected chi connectivity index (χ4v) is 5.26. The smallest absolute Gasteiger partial charge is 0.231 e. The van der Waals surface area contributed by atoms with Gasteiger partial charge in [-0.25, -0.2) is 0 Å². The minimum Gasteiger partial charge on any atom is -0.467 e. The molecule has 4 aromatic rings. The molecule has 0 saturated carbocycles. The van der Waals surface area contributed by atoms with Gasteiger partial charge in [-0.05, 0) is 74.1 Å². The molecule has 6 rings (SSSR count). The van der Waals surface area contributed by atoms with Crippen molar-refractivity contribution >= 4 is 23.0 Å². The highest BCUT2D eigenvalue weighted by Crippen LogP contribution is 2.45. The molecule has 8 heteroatoms. The monoisotopic (exact) mass is 472 g/mol. The van der Waals surface area contributed by atoms with Crippen molar-refractivity contribution in [2.24, 2.45) is 0 Å². The first-order valence-corrected chi connectivity index (χ1v) is 11.6. The number of pyridine rings is 1. The van der Waals surface area contributed by atoms with Crippen molar-refractivity contribution in [1.82, 2.24) is 14.9 Å². The van der Waals surface area contributed by atoms with Gasteiger partial charge >= 0.3 is 0 Å². The minimum absolute atomic E-state index is 0.0978. The molecular formula is C26H24N4O3S. The van der Waals surface area contributed by atoms with Crippen LogP contribution in [0.3, 0.4) is 0 Å². The number of rotatable bonds is 5. The second kappa shape index (κ2) is 8.22. The predicted molar refractivity (Wildman–Crippen MR) is 132 cm³/mol. The Morgan fingerprint density at radius 2 is 1.94 bits per heavy atom. The zero-order valence-corrected chi connectivity index (χ0v) is 19.7. The summed E-state index contributed by atoms with van der Waals surface area (Å²) in [6, 6.07) is 17.9. The molecule has 2 aliphatic rings. The van der Waals surface area contributed by atoms with Gasteiger partial charge in [0.25, 0.3) is 0 Å². The Bertz CT molecular complexity index is 1350. The Morgan fingerprint density at radius 1 is 1.06 bits per heavy atom. The molecule has 0 amide bonds. The molecule has 0 radical (unpaired) electrons. The summed E-state index contributed by atoms with van der Waals surface area (Å²) >= 11 is 5.87. The molecule has 0 spiro atoms. The van der Waals surface area contributed by atoms with Gasteiger partial charge in [-0.1, -0.05) is 6.07 Å². The molecule has 1 saturated heterocycles.